The fourth-order valence-corrected chi connectivity index (χ4v) is 1.70. The minimum atomic E-state index is 0.0775. The van der Waals surface area contributed by atoms with Crippen molar-refractivity contribution >= 4 is 0 Å². The average Bonchev–Trinajstić information content (AvgIpc) is 2.09. The van der Waals surface area contributed by atoms with Crippen LogP contribution in [0, 0.1) is 6.92 Å². The number of aliphatic hydroxyl groups is 1. The van der Waals surface area contributed by atoms with E-state index in [-0.39, 0.29) is 6.61 Å². The van der Waals surface area contributed by atoms with Crippen LogP contribution in [0.5, 0.6) is 5.75 Å². The maximum atomic E-state index is 9.62. The molecule has 14 heavy (non-hydrogen) atoms. The van der Waals surface area contributed by atoms with Gasteiger partial charge in [-0.05, 0) is 42.0 Å². The smallest absolute Gasteiger partial charge is 0.119 e. The van der Waals surface area contributed by atoms with E-state index < -0.39 is 0 Å². The van der Waals surface area contributed by atoms with Crippen LogP contribution < -0.4 is 0 Å². The van der Waals surface area contributed by atoms with Gasteiger partial charge in [-0.3, -0.25) is 0 Å². The topological polar surface area (TPSA) is 40.5 Å². The Balaban J connectivity index is 3.13. The van der Waals surface area contributed by atoms with E-state index in [2.05, 4.69) is 13.8 Å². The van der Waals surface area contributed by atoms with Crippen LogP contribution in [0.2, 0.25) is 0 Å². The predicted octanol–water partition coefficient (Wildman–Crippen LogP) is 2.36. The van der Waals surface area contributed by atoms with Crippen molar-refractivity contribution in [1.82, 2.24) is 0 Å². The fourth-order valence-electron chi connectivity index (χ4n) is 1.70. The third kappa shape index (κ3) is 2.26. The van der Waals surface area contributed by atoms with E-state index >= 15 is 0 Å². The molecule has 2 N–H and O–H groups in total. The SMILES string of the molecule is Cc1cc(O)c(CCO)cc1C(C)C. The molecule has 78 valence electrons. The van der Waals surface area contributed by atoms with Crippen molar-refractivity contribution in [3.8, 4) is 5.75 Å². The molecular weight excluding hydrogens is 176 g/mol. The Morgan fingerprint density at radius 2 is 1.93 bits per heavy atom. The molecule has 0 saturated heterocycles. The first-order chi connectivity index (χ1) is 6.56. The Kier molecular flexibility index (Phi) is 3.53. The molecule has 0 spiro atoms. The number of hydrogen-bond donors (Lipinski definition) is 2. The Bertz CT molecular complexity index is 316. The second-order valence-electron chi connectivity index (χ2n) is 3.97. The molecule has 2 heteroatoms. The molecule has 0 aliphatic rings. The van der Waals surface area contributed by atoms with Crippen LogP contribution in [0.4, 0.5) is 0 Å². The molecule has 0 bridgehead atoms. The molecule has 1 aromatic carbocycles. The van der Waals surface area contributed by atoms with Gasteiger partial charge in [0.2, 0.25) is 0 Å². The molecule has 0 heterocycles. The zero-order chi connectivity index (χ0) is 10.7. The van der Waals surface area contributed by atoms with E-state index in [1.54, 1.807) is 6.07 Å². The number of hydrogen-bond acceptors (Lipinski definition) is 2. The summed E-state index contributed by atoms with van der Waals surface area (Å²) >= 11 is 0. The van der Waals surface area contributed by atoms with E-state index in [0.29, 0.717) is 18.1 Å². The summed E-state index contributed by atoms with van der Waals surface area (Å²) in [5.74, 6) is 0.744. The first-order valence-corrected chi connectivity index (χ1v) is 4.99. The second-order valence-corrected chi connectivity index (χ2v) is 3.97. The van der Waals surface area contributed by atoms with Crippen LogP contribution in [-0.2, 0) is 6.42 Å². The highest BCUT2D eigenvalue weighted by molar-refractivity contribution is 5.42. The van der Waals surface area contributed by atoms with Gasteiger partial charge in [0.15, 0.2) is 0 Å². The fraction of sp³-hybridized carbons (Fsp3) is 0.500. The summed E-state index contributed by atoms with van der Waals surface area (Å²) in [5, 5.41) is 18.4. The van der Waals surface area contributed by atoms with Crippen LogP contribution in [0.1, 0.15) is 36.5 Å². The summed E-state index contributed by atoms with van der Waals surface area (Å²) in [4.78, 5) is 0. The number of aromatic hydroxyl groups is 1. The summed E-state index contributed by atoms with van der Waals surface area (Å²) in [6.45, 7) is 6.33. The minimum absolute atomic E-state index is 0.0775. The van der Waals surface area contributed by atoms with E-state index in [9.17, 15) is 5.11 Å². The molecule has 2 nitrogen and oxygen atoms in total. The van der Waals surface area contributed by atoms with Crippen LogP contribution in [0.25, 0.3) is 0 Å². The van der Waals surface area contributed by atoms with E-state index in [4.69, 9.17) is 5.11 Å². The molecule has 0 saturated carbocycles. The second kappa shape index (κ2) is 4.47. The van der Waals surface area contributed by atoms with Crippen molar-refractivity contribution in [2.45, 2.75) is 33.1 Å². The first kappa shape index (κ1) is 11.1. The van der Waals surface area contributed by atoms with Crippen LogP contribution in [0.3, 0.4) is 0 Å². The van der Waals surface area contributed by atoms with E-state index in [0.717, 1.165) is 11.1 Å². The first-order valence-electron chi connectivity index (χ1n) is 4.99. The number of phenolic OH excluding ortho intramolecular Hbond substituents is 1. The molecule has 0 amide bonds. The lowest BCUT2D eigenvalue weighted by atomic mass is 9.94. The monoisotopic (exact) mass is 194 g/mol. The molecule has 0 atom stereocenters. The highest BCUT2D eigenvalue weighted by atomic mass is 16.3. The minimum Gasteiger partial charge on any atom is -0.508 e. The highest BCUT2D eigenvalue weighted by Crippen LogP contribution is 2.27. The van der Waals surface area contributed by atoms with Crippen LogP contribution >= 0.6 is 0 Å². The molecule has 0 unspecified atom stereocenters. The number of rotatable bonds is 3. The summed E-state index contributed by atoms with van der Waals surface area (Å²) in [5.41, 5.74) is 3.19. The van der Waals surface area contributed by atoms with Crippen molar-refractivity contribution in [3.05, 3.63) is 28.8 Å². The number of aryl methyl sites for hydroxylation is 1. The highest BCUT2D eigenvalue weighted by Gasteiger charge is 2.08. The maximum absolute atomic E-state index is 9.62. The van der Waals surface area contributed by atoms with Crippen molar-refractivity contribution in [2.75, 3.05) is 6.61 Å². The summed E-state index contributed by atoms with van der Waals surface area (Å²) in [6.07, 6.45) is 0.520. The van der Waals surface area contributed by atoms with Gasteiger partial charge in [0.05, 0.1) is 0 Å². The Morgan fingerprint density at radius 1 is 1.29 bits per heavy atom. The number of aliphatic hydroxyl groups excluding tert-OH is 1. The van der Waals surface area contributed by atoms with Crippen LogP contribution in [-0.4, -0.2) is 16.8 Å². The van der Waals surface area contributed by atoms with Crippen molar-refractivity contribution in [3.63, 3.8) is 0 Å². The van der Waals surface area contributed by atoms with Gasteiger partial charge in [0.1, 0.15) is 5.75 Å². The average molecular weight is 194 g/mol. The Labute approximate surface area is 85.2 Å². The summed E-state index contributed by atoms with van der Waals surface area (Å²) in [6, 6.07) is 3.77. The normalized spacial score (nSPS) is 10.9. The molecule has 1 aromatic rings. The Hall–Kier alpha value is -1.02. The molecule has 0 aliphatic carbocycles. The van der Waals surface area contributed by atoms with Gasteiger partial charge in [-0.15, -0.1) is 0 Å². The van der Waals surface area contributed by atoms with Crippen LogP contribution in [0.15, 0.2) is 12.1 Å². The predicted molar refractivity (Wildman–Crippen MR) is 57.7 cm³/mol. The van der Waals surface area contributed by atoms with E-state index in [1.165, 1.54) is 5.56 Å². The van der Waals surface area contributed by atoms with Gasteiger partial charge in [-0.2, -0.15) is 0 Å². The quantitative estimate of drug-likeness (QED) is 0.775. The molecule has 0 fully saturated rings. The standard InChI is InChI=1S/C12H18O2/c1-8(2)11-7-10(4-5-13)12(14)6-9(11)3/h6-8,13-14H,4-5H2,1-3H3. The molecular formula is C12H18O2. The van der Waals surface area contributed by atoms with Gasteiger partial charge in [0.25, 0.3) is 0 Å². The van der Waals surface area contributed by atoms with Crippen molar-refractivity contribution < 1.29 is 10.2 Å². The van der Waals surface area contributed by atoms with Gasteiger partial charge < -0.3 is 10.2 Å². The number of phenols is 1. The lowest BCUT2D eigenvalue weighted by Crippen LogP contribution is -1.97. The van der Waals surface area contributed by atoms with Gasteiger partial charge in [-0.25, -0.2) is 0 Å². The zero-order valence-corrected chi connectivity index (χ0v) is 9.04. The zero-order valence-electron chi connectivity index (χ0n) is 9.04. The molecule has 0 aromatic heterocycles. The van der Waals surface area contributed by atoms with Gasteiger partial charge in [-0.1, -0.05) is 19.9 Å². The molecule has 0 aliphatic heterocycles. The van der Waals surface area contributed by atoms with Crippen molar-refractivity contribution in [2.24, 2.45) is 0 Å². The third-order valence-corrected chi connectivity index (χ3v) is 2.47. The van der Waals surface area contributed by atoms with Gasteiger partial charge >= 0.3 is 0 Å². The largest absolute Gasteiger partial charge is 0.508 e. The number of benzene rings is 1. The lowest BCUT2D eigenvalue weighted by Gasteiger charge is -2.13. The summed E-state index contributed by atoms with van der Waals surface area (Å²) in [7, 11) is 0. The molecule has 0 radical (unpaired) electrons. The molecule has 1 rings (SSSR count). The van der Waals surface area contributed by atoms with Crippen molar-refractivity contribution in [1.29, 1.82) is 0 Å². The van der Waals surface area contributed by atoms with E-state index in [1.807, 2.05) is 13.0 Å². The third-order valence-electron chi connectivity index (χ3n) is 2.47. The summed E-state index contributed by atoms with van der Waals surface area (Å²) < 4.78 is 0. The van der Waals surface area contributed by atoms with Gasteiger partial charge in [0, 0.05) is 6.61 Å². The lowest BCUT2D eigenvalue weighted by molar-refractivity contribution is 0.297. The Morgan fingerprint density at radius 3 is 2.43 bits per heavy atom. The maximum Gasteiger partial charge on any atom is 0.119 e.